The normalized spacial score (nSPS) is 21.8. The quantitative estimate of drug-likeness (QED) is 0.274. The predicted octanol–water partition coefficient (Wildman–Crippen LogP) is 3.31. The Morgan fingerprint density at radius 2 is 1.96 bits per heavy atom. The first-order chi connectivity index (χ1) is 12.3. The molecular weight excluding hydrogens is 455 g/mol. The van der Waals surface area contributed by atoms with Gasteiger partial charge in [-0.3, -0.25) is 9.79 Å². The summed E-state index contributed by atoms with van der Waals surface area (Å²) in [6.07, 6.45) is 3.89. The molecule has 6 nitrogen and oxygen atoms in total. The highest BCUT2D eigenvalue weighted by molar-refractivity contribution is 14.0. The number of carbonyl (C=O) groups is 1. The highest BCUT2D eigenvalue weighted by Crippen LogP contribution is 2.34. The van der Waals surface area contributed by atoms with Gasteiger partial charge >= 0.3 is 0 Å². The van der Waals surface area contributed by atoms with E-state index in [1.54, 1.807) is 0 Å². The van der Waals surface area contributed by atoms with Gasteiger partial charge in [0.25, 0.3) is 0 Å². The number of carbonyl (C=O) groups excluding carboxylic acids is 1. The zero-order valence-corrected chi connectivity index (χ0v) is 20.4. The summed E-state index contributed by atoms with van der Waals surface area (Å²) in [7, 11) is 0. The maximum Gasteiger partial charge on any atom is 0.221 e. The highest BCUT2D eigenvalue weighted by Gasteiger charge is 2.35. The summed E-state index contributed by atoms with van der Waals surface area (Å²) < 4.78 is 6.04. The number of aliphatic imine (C=N–C) groups is 1. The van der Waals surface area contributed by atoms with Gasteiger partial charge < -0.3 is 20.7 Å². The largest absolute Gasteiger partial charge is 0.377 e. The van der Waals surface area contributed by atoms with Crippen molar-refractivity contribution in [1.82, 2.24) is 16.0 Å². The van der Waals surface area contributed by atoms with Crippen LogP contribution >= 0.6 is 24.0 Å². The first-order valence-corrected chi connectivity index (χ1v) is 10.2. The van der Waals surface area contributed by atoms with Gasteiger partial charge in [-0.1, -0.05) is 27.7 Å². The molecule has 1 heterocycles. The van der Waals surface area contributed by atoms with E-state index in [2.05, 4.69) is 50.6 Å². The van der Waals surface area contributed by atoms with Gasteiger partial charge in [0.15, 0.2) is 5.96 Å². The van der Waals surface area contributed by atoms with Crippen molar-refractivity contribution in [3.05, 3.63) is 0 Å². The first-order valence-electron chi connectivity index (χ1n) is 10.2. The number of nitrogens with one attached hydrogen (secondary N) is 3. The molecule has 0 aromatic rings. The smallest absolute Gasteiger partial charge is 0.221 e. The molecule has 1 rings (SSSR count). The first kappa shape index (κ1) is 26.4. The molecule has 1 aliphatic heterocycles. The van der Waals surface area contributed by atoms with Gasteiger partial charge in [-0.2, -0.15) is 0 Å². The Morgan fingerprint density at radius 1 is 1.26 bits per heavy atom. The van der Waals surface area contributed by atoms with Gasteiger partial charge in [0.05, 0.1) is 6.10 Å². The van der Waals surface area contributed by atoms with Crippen molar-refractivity contribution in [2.24, 2.45) is 16.3 Å². The average molecular weight is 496 g/mol. The van der Waals surface area contributed by atoms with Gasteiger partial charge in [-0.15, -0.1) is 24.0 Å². The summed E-state index contributed by atoms with van der Waals surface area (Å²) in [5.74, 6) is 1.30. The summed E-state index contributed by atoms with van der Waals surface area (Å²) in [5, 5.41) is 9.53. The van der Waals surface area contributed by atoms with Crippen molar-refractivity contribution in [2.45, 2.75) is 79.4 Å². The van der Waals surface area contributed by atoms with E-state index in [9.17, 15) is 4.79 Å². The zero-order valence-electron chi connectivity index (χ0n) is 18.1. The Balaban J connectivity index is 0.00000676. The minimum absolute atomic E-state index is 0. The Hall–Kier alpha value is -0.570. The van der Waals surface area contributed by atoms with Crippen LogP contribution in [0.2, 0.25) is 0 Å². The van der Waals surface area contributed by atoms with Crippen molar-refractivity contribution in [1.29, 1.82) is 0 Å². The highest BCUT2D eigenvalue weighted by atomic mass is 127. The minimum atomic E-state index is 0. The number of ether oxygens (including phenoxy) is 1. The molecule has 27 heavy (non-hydrogen) atoms. The van der Waals surface area contributed by atoms with Gasteiger partial charge in [-0.25, -0.2) is 0 Å². The molecule has 0 spiro atoms. The van der Waals surface area contributed by atoms with Crippen LogP contribution in [0, 0.1) is 11.3 Å². The second kappa shape index (κ2) is 13.6. The molecule has 3 atom stereocenters. The maximum absolute atomic E-state index is 11.9. The van der Waals surface area contributed by atoms with E-state index in [1.165, 1.54) is 0 Å². The molecule has 0 saturated carbocycles. The second-order valence-electron chi connectivity index (χ2n) is 8.33. The Morgan fingerprint density at radius 3 is 2.56 bits per heavy atom. The van der Waals surface area contributed by atoms with Crippen LogP contribution in [0.4, 0.5) is 0 Å². The second-order valence-corrected chi connectivity index (χ2v) is 8.33. The van der Waals surface area contributed by atoms with E-state index in [0.29, 0.717) is 18.9 Å². The van der Waals surface area contributed by atoms with E-state index in [4.69, 9.17) is 9.73 Å². The summed E-state index contributed by atoms with van der Waals surface area (Å²) in [4.78, 5) is 16.6. The maximum atomic E-state index is 11.9. The summed E-state index contributed by atoms with van der Waals surface area (Å²) >= 11 is 0. The Labute approximate surface area is 183 Å². The lowest BCUT2D eigenvalue weighted by Gasteiger charge is -2.39. The van der Waals surface area contributed by atoms with Crippen molar-refractivity contribution in [2.75, 3.05) is 26.2 Å². The molecule has 0 bridgehead atoms. The standard InChI is InChI=1S/C20H40N4O2.HI/c1-7-15(3)24-17(25)11-12-22-19(21-8-2)23-14-16-10-9-13-26-18(16)20(4,5)6;/h15-16,18H,7-14H2,1-6H3,(H,24,25)(H2,21,22,23);1H. The number of nitrogens with zero attached hydrogens (tertiary/aromatic N) is 1. The van der Waals surface area contributed by atoms with Crippen LogP contribution in [0.5, 0.6) is 0 Å². The Kier molecular flexibility index (Phi) is 13.3. The fourth-order valence-electron chi connectivity index (χ4n) is 3.28. The Bertz CT molecular complexity index is 452. The number of hydrogen-bond acceptors (Lipinski definition) is 3. The number of hydrogen-bond donors (Lipinski definition) is 3. The van der Waals surface area contributed by atoms with E-state index >= 15 is 0 Å². The van der Waals surface area contributed by atoms with Crippen molar-refractivity contribution < 1.29 is 9.53 Å². The van der Waals surface area contributed by atoms with Crippen molar-refractivity contribution in [3.8, 4) is 0 Å². The van der Waals surface area contributed by atoms with E-state index in [0.717, 1.165) is 44.9 Å². The lowest BCUT2D eigenvalue weighted by molar-refractivity contribution is -0.121. The number of amides is 1. The molecule has 3 N–H and O–H groups in total. The fraction of sp³-hybridized carbons (Fsp3) is 0.900. The number of guanidine groups is 1. The van der Waals surface area contributed by atoms with Crippen LogP contribution in [-0.4, -0.2) is 50.3 Å². The third-order valence-electron chi connectivity index (χ3n) is 4.79. The van der Waals surface area contributed by atoms with Crippen LogP contribution in [0.1, 0.15) is 67.2 Å². The molecule has 0 aliphatic carbocycles. The molecule has 1 aliphatic rings. The summed E-state index contributed by atoms with van der Waals surface area (Å²) in [6.45, 7) is 15.8. The average Bonchev–Trinajstić information content (AvgIpc) is 2.59. The molecule has 3 unspecified atom stereocenters. The molecule has 7 heteroatoms. The van der Waals surface area contributed by atoms with E-state index in [-0.39, 0.29) is 47.4 Å². The minimum Gasteiger partial charge on any atom is -0.377 e. The summed E-state index contributed by atoms with van der Waals surface area (Å²) in [5.41, 5.74) is 0.125. The summed E-state index contributed by atoms with van der Waals surface area (Å²) in [6, 6.07) is 0.227. The molecule has 160 valence electrons. The lowest BCUT2D eigenvalue weighted by atomic mass is 9.78. The molecule has 0 aromatic carbocycles. The van der Waals surface area contributed by atoms with Crippen molar-refractivity contribution >= 4 is 35.8 Å². The van der Waals surface area contributed by atoms with Crippen LogP contribution in [0.3, 0.4) is 0 Å². The van der Waals surface area contributed by atoms with E-state index in [1.807, 2.05) is 6.92 Å². The van der Waals surface area contributed by atoms with Gasteiger partial charge in [0.1, 0.15) is 0 Å². The lowest BCUT2D eigenvalue weighted by Crippen LogP contribution is -2.43. The van der Waals surface area contributed by atoms with Crippen molar-refractivity contribution in [3.63, 3.8) is 0 Å². The third kappa shape index (κ3) is 10.5. The van der Waals surface area contributed by atoms with Crippen LogP contribution < -0.4 is 16.0 Å². The van der Waals surface area contributed by atoms with Crippen LogP contribution in [-0.2, 0) is 9.53 Å². The SMILES string of the molecule is CCNC(=NCC1CCCOC1C(C)(C)C)NCCC(=O)NC(C)CC.I. The molecular formula is C20H41IN4O2. The molecule has 0 aromatic heterocycles. The topological polar surface area (TPSA) is 74.8 Å². The van der Waals surface area contributed by atoms with Crippen LogP contribution in [0.25, 0.3) is 0 Å². The molecule has 1 amide bonds. The number of rotatable bonds is 8. The molecule has 0 radical (unpaired) electrons. The van der Waals surface area contributed by atoms with Crippen LogP contribution in [0.15, 0.2) is 4.99 Å². The molecule has 1 fully saturated rings. The van der Waals surface area contributed by atoms with E-state index < -0.39 is 0 Å². The van der Waals surface area contributed by atoms with Gasteiger partial charge in [0.2, 0.25) is 5.91 Å². The fourth-order valence-corrected chi connectivity index (χ4v) is 3.28. The van der Waals surface area contributed by atoms with Gasteiger partial charge in [-0.05, 0) is 38.5 Å². The zero-order chi connectivity index (χ0) is 19.6. The van der Waals surface area contributed by atoms with Gasteiger partial charge in [0, 0.05) is 44.6 Å². The third-order valence-corrected chi connectivity index (χ3v) is 4.79. The monoisotopic (exact) mass is 496 g/mol. The number of halogens is 1. The molecule has 1 saturated heterocycles. The predicted molar refractivity (Wildman–Crippen MR) is 124 cm³/mol.